The van der Waals surface area contributed by atoms with Gasteiger partial charge in [0, 0.05) is 23.8 Å². The lowest BCUT2D eigenvalue weighted by molar-refractivity contribution is 0.0944. The van der Waals surface area contributed by atoms with Gasteiger partial charge >= 0.3 is 0 Å². The SMILES string of the molecule is CCOCc1ccccc1CNC(=O)c1ncccc1Br. The van der Waals surface area contributed by atoms with Crippen molar-refractivity contribution in [1.82, 2.24) is 10.3 Å². The summed E-state index contributed by atoms with van der Waals surface area (Å²) < 4.78 is 6.12. The quantitative estimate of drug-likeness (QED) is 0.871. The lowest BCUT2D eigenvalue weighted by atomic mass is 10.1. The van der Waals surface area contributed by atoms with Gasteiger partial charge in [-0.3, -0.25) is 4.79 Å². The number of hydrogen-bond acceptors (Lipinski definition) is 3. The van der Waals surface area contributed by atoms with Crippen LogP contribution in [0.3, 0.4) is 0 Å². The zero-order chi connectivity index (χ0) is 15.1. The van der Waals surface area contributed by atoms with Crippen LogP contribution in [0.15, 0.2) is 47.1 Å². The number of aromatic nitrogens is 1. The van der Waals surface area contributed by atoms with Gasteiger partial charge in [-0.05, 0) is 46.1 Å². The van der Waals surface area contributed by atoms with Gasteiger partial charge in [-0.25, -0.2) is 4.98 Å². The van der Waals surface area contributed by atoms with Crippen LogP contribution in [0.4, 0.5) is 0 Å². The van der Waals surface area contributed by atoms with Crippen molar-refractivity contribution in [2.45, 2.75) is 20.1 Å². The van der Waals surface area contributed by atoms with E-state index in [2.05, 4.69) is 26.2 Å². The predicted molar refractivity (Wildman–Crippen MR) is 84.9 cm³/mol. The highest BCUT2D eigenvalue weighted by molar-refractivity contribution is 9.10. The number of pyridine rings is 1. The maximum atomic E-state index is 12.1. The fourth-order valence-electron chi connectivity index (χ4n) is 1.89. The molecule has 5 heteroatoms. The Morgan fingerprint density at radius 3 is 2.71 bits per heavy atom. The molecular weight excluding hydrogens is 332 g/mol. The third-order valence-corrected chi connectivity index (χ3v) is 3.63. The second kappa shape index (κ2) is 7.90. The number of amides is 1. The Labute approximate surface area is 132 Å². The van der Waals surface area contributed by atoms with E-state index in [1.807, 2.05) is 31.2 Å². The van der Waals surface area contributed by atoms with Gasteiger partial charge in [0.25, 0.3) is 5.91 Å². The normalized spacial score (nSPS) is 10.4. The minimum Gasteiger partial charge on any atom is -0.377 e. The average molecular weight is 349 g/mol. The van der Waals surface area contributed by atoms with Crippen LogP contribution in [0.1, 0.15) is 28.5 Å². The molecule has 1 N–H and O–H groups in total. The second-order valence-electron chi connectivity index (χ2n) is 4.42. The van der Waals surface area contributed by atoms with E-state index >= 15 is 0 Å². The molecule has 21 heavy (non-hydrogen) atoms. The number of halogens is 1. The molecule has 0 atom stereocenters. The lowest BCUT2D eigenvalue weighted by Crippen LogP contribution is -2.24. The first-order valence-corrected chi connectivity index (χ1v) is 7.55. The van der Waals surface area contributed by atoms with Crippen molar-refractivity contribution in [2.75, 3.05) is 6.61 Å². The van der Waals surface area contributed by atoms with Gasteiger partial charge < -0.3 is 10.1 Å². The average Bonchev–Trinajstić information content (AvgIpc) is 2.52. The fourth-order valence-corrected chi connectivity index (χ4v) is 2.33. The number of carbonyl (C=O) groups excluding carboxylic acids is 1. The van der Waals surface area contributed by atoms with E-state index in [1.54, 1.807) is 18.3 Å². The number of carbonyl (C=O) groups is 1. The van der Waals surface area contributed by atoms with Crippen molar-refractivity contribution in [3.8, 4) is 0 Å². The van der Waals surface area contributed by atoms with Gasteiger partial charge in [0.15, 0.2) is 0 Å². The zero-order valence-electron chi connectivity index (χ0n) is 11.8. The van der Waals surface area contributed by atoms with E-state index < -0.39 is 0 Å². The Balaban J connectivity index is 2.03. The lowest BCUT2D eigenvalue weighted by Gasteiger charge is -2.11. The summed E-state index contributed by atoms with van der Waals surface area (Å²) in [4.78, 5) is 16.2. The highest BCUT2D eigenvalue weighted by atomic mass is 79.9. The number of ether oxygens (including phenoxy) is 1. The summed E-state index contributed by atoms with van der Waals surface area (Å²) in [5.74, 6) is -0.200. The first-order valence-electron chi connectivity index (χ1n) is 6.75. The predicted octanol–water partition coefficient (Wildman–Crippen LogP) is 3.31. The molecule has 110 valence electrons. The number of benzene rings is 1. The van der Waals surface area contributed by atoms with Crippen molar-refractivity contribution in [2.24, 2.45) is 0 Å². The van der Waals surface area contributed by atoms with Crippen LogP contribution < -0.4 is 5.32 Å². The second-order valence-corrected chi connectivity index (χ2v) is 5.28. The van der Waals surface area contributed by atoms with Crippen LogP contribution in [-0.4, -0.2) is 17.5 Å². The molecule has 1 aromatic carbocycles. The molecular formula is C16H17BrN2O2. The summed E-state index contributed by atoms with van der Waals surface area (Å²) in [6.07, 6.45) is 1.60. The molecule has 0 bridgehead atoms. The largest absolute Gasteiger partial charge is 0.377 e. The molecule has 0 aliphatic carbocycles. The molecule has 1 heterocycles. The van der Waals surface area contributed by atoms with Crippen LogP contribution in [0.5, 0.6) is 0 Å². The van der Waals surface area contributed by atoms with Crippen LogP contribution >= 0.6 is 15.9 Å². The standard InChI is InChI=1S/C16H17BrN2O2/c1-2-21-11-13-7-4-3-6-12(13)10-19-16(20)15-14(17)8-5-9-18-15/h3-9H,2,10-11H2,1H3,(H,19,20). The van der Waals surface area contributed by atoms with E-state index in [4.69, 9.17) is 4.74 Å². The smallest absolute Gasteiger partial charge is 0.271 e. The minimum absolute atomic E-state index is 0.200. The Hall–Kier alpha value is -1.72. The van der Waals surface area contributed by atoms with E-state index in [1.165, 1.54) is 0 Å². The topological polar surface area (TPSA) is 51.2 Å². The third-order valence-electron chi connectivity index (χ3n) is 2.99. The maximum absolute atomic E-state index is 12.1. The van der Waals surface area contributed by atoms with Crippen molar-refractivity contribution < 1.29 is 9.53 Å². The third kappa shape index (κ3) is 4.37. The summed E-state index contributed by atoms with van der Waals surface area (Å²) in [6.45, 7) is 3.63. The zero-order valence-corrected chi connectivity index (χ0v) is 13.4. The Morgan fingerprint density at radius 1 is 1.24 bits per heavy atom. The Morgan fingerprint density at radius 2 is 2.00 bits per heavy atom. The highest BCUT2D eigenvalue weighted by Gasteiger charge is 2.11. The molecule has 4 nitrogen and oxygen atoms in total. The minimum atomic E-state index is -0.200. The molecule has 0 saturated carbocycles. The van der Waals surface area contributed by atoms with Crippen LogP contribution in [-0.2, 0) is 17.9 Å². The molecule has 0 aliphatic heterocycles. The van der Waals surface area contributed by atoms with Gasteiger partial charge in [0.05, 0.1) is 6.61 Å². The van der Waals surface area contributed by atoms with Gasteiger partial charge in [-0.15, -0.1) is 0 Å². The van der Waals surface area contributed by atoms with Gasteiger partial charge in [0.2, 0.25) is 0 Å². The van der Waals surface area contributed by atoms with Gasteiger partial charge in [-0.2, -0.15) is 0 Å². The molecule has 0 unspecified atom stereocenters. The highest BCUT2D eigenvalue weighted by Crippen LogP contribution is 2.14. The molecule has 0 aliphatic rings. The summed E-state index contributed by atoms with van der Waals surface area (Å²) in [5.41, 5.74) is 2.52. The molecule has 0 radical (unpaired) electrons. The Kier molecular flexibility index (Phi) is 5.90. The number of nitrogens with one attached hydrogen (secondary N) is 1. The number of hydrogen-bond donors (Lipinski definition) is 1. The monoisotopic (exact) mass is 348 g/mol. The summed E-state index contributed by atoms with van der Waals surface area (Å²) in [7, 11) is 0. The fraction of sp³-hybridized carbons (Fsp3) is 0.250. The molecule has 2 aromatic rings. The van der Waals surface area contributed by atoms with Crippen LogP contribution in [0, 0.1) is 0 Å². The van der Waals surface area contributed by atoms with E-state index in [9.17, 15) is 4.79 Å². The summed E-state index contributed by atoms with van der Waals surface area (Å²) in [6, 6.07) is 11.5. The molecule has 2 rings (SSSR count). The van der Waals surface area contributed by atoms with Crippen molar-refractivity contribution in [3.63, 3.8) is 0 Å². The van der Waals surface area contributed by atoms with Crippen molar-refractivity contribution in [3.05, 3.63) is 63.9 Å². The van der Waals surface area contributed by atoms with E-state index in [0.29, 0.717) is 29.9 Å². The molecule has 0 saturated heterocycles. The van der Waals surface area contributed by atoms with Crippen molar-refractivity contribution in [1.29, 1.82) is 0 Å². The van der Waals surface area contributed by atoms with Gasteiger partial charge in [0.1, 0.15) is 5.69 Å². The van der Waals surface area contributed by atoms with E-state index in [-0.39, 0.29) is 5.91 Å². The summed E-state index contributed by atoms with van der Waals surface area (Å²) in [5, 5.41) is 2.89. The molecule has 0 spiro atoms. The molecule has 0 fully saturated rings. The maximum Gasteiger partial charge on any atom is 0.271 e. The van der Waals surface area contributed by atoms with Gasteiger partial charge in [-0.1, -0.05) is 24.3 Å². The van der Waals surface area contributed by atoms with E-state index in [0.717, 1.165) is 11.1 Å². The van der Waals surface area contributed by atoms with Crippen molar-refractivity contribution >= 4 is 21.8 Å². The molecule has 1 amide bonds. The Bertz CT molecular complexity index is 617. The van der Waals surface area contributed by atoms with Crippen LogP contribution in [0.25, 0.3) is 0 Å². The number of rotatable bonds is 6. The van der Waals surface area contributed by atoms with Crippen LogP contribution in [0.2, 0.25) is 0 Å². The first-order chi connectivity index (χ1) is 10.2. The summed E-state index contributed by atoms with van der Waals surface area (Å²) >= 11 is 3.33. The molecule has 1 aromatic heterocycles. The number of nitrogens with zero attached hydrogens (tertiary/aromatic N) is 1. The first kappa shape index (κ1) is 15.7.